The number of aliphatic carboxylic acids is 1. The highest BCUT2D eigenvalue weighted by atomic mass is 16.5. The first-order chi connectivity index (χ1) is 5.57. The maximum absolute atomic E-state index is 10.4. The third-order valence-electron chi connectivity index (χ3n) is 0.960. The van der Waals surface area contributed by atoms with Gasteiger partial charge in [-0.2, -0.15) is 0 Å². The molecule has 0 aromatic rings. The molecule has 5 nitrogen and oxygen atoms in total. The molecular formula is C6H11NO4. The standard InChI is InChI=1S/C6H11NO4/c1-4(8)7-5(3-11-2)6(9)10/h5H,3H2,1-2H3,(H,7,8)(H,9,10)/t5-/m0/s1/i2D. The first-order valence-corrected chi connectivity index (χ1v) is 2.94. The van der Waals surface area contributed by atoms with Crippen LogP contribution in [0.2, 0.25) is 0 Å². The smallest absolute Gasteiger partial charge is 0.328 e. The van der Waals surface area contributed by atoms with Crippen LogP contribution in [0.15, 0.2) is 0 Å². The number of ether oxygens (including phenoxy) is 1. The van der Waals surface area contributed by atoms with Crippen LogP contribution in [0.25, 0.3) is 0 Å². The Labute approximate surface area is 65.7 Å². The number of hydrogen-bond donors (Lipinski definition) is 2. The lowest BCUT2D eigenvalue weighted by molar-refractivity contribution is -0.143. The zero-order chi connectivity index (χ0) is 9.56. The van der Waals surface area contributed by atoms with E-state index in [9.17, 15) is 9.59 Å². The van der Waals surface area contributed by atoms with Crippen molar-refractivity contribution in [1.82, 2.24) is 5.32 Å². The average Bonchev–Trinajstić information content (AvgIpc) is 1.96. The van der Waals surface area contributed by atoms with Gasteiger partial charge in [0.15, 0.2) is 6.04 Å². The van der Waals surface area contributed by atoms with E-state index in [-0.39, 0.29) is 13.7 Å². The Hall–Kier alpha value is -1.10. The van der Waals surface area contributed by atoms with E-state index in [2.05, 4.69) is 10.1 Å². The third kappa shape index (κ3) is 4.32. The van der Waals surface area contributed by atoms with Gasteiger partial charge in [-0.1, -0.05) is 0 Å². The second-order valence-electron chi connectivity index (χ2n) is 1.96. The fourth-order valence-electron chi connectivity index (χ4n) is 0.538. The highest BCUT2D eigenvalue weighted by molar-refractivity contribution is 5.82. The highest BCUT2D eigenvalue weighted by Crippen LogP contribution is 1.84. The van der Waals surface area contributed by atoms with Crippen molar-refractivity contribution in [2.75, 3.05) is 13.7 Å². The lowest BCUT2D eigenvalue weighted by atomic mass is 10.3. The summed E-state index contributed by atoms with van der Waals surface area (Å²) in [4.78, 5) is 20.8. The fourth-order valence-corrected chi connectivity index (χ4v) is 0.538. The summed E-state index contributed by atoms with van der Waals surface area (Å²) in [6.45, 7) is 1.04. The number of carbonyl (C=O) groups excluding carboxylic acids is 1. The summed E-state index contributed by atoms with van der Waals surface area (Å²) < 4.78 is 11.1. The minimum atomic E-state index is -1.17. The van der Waals surface area contributed by atoms with E-state index < -0.39 is 17.9 Å². The maximum Gasteiger partial charge on any atom is 0.328 e. The van der Waals surface area contributed by atoms with Crippen molar-refractivity contribution in [3.8, 4) is 0 Å². The Balaban J connectivity index is 3.87. The van der Waals surface area contributed by atoms with Crippen molar-refractivity contribution in [3.05, 3.63) is 0 Å². The lowest BCUT2D eigenvalue weighted by Gasteiger charge is -2.10. The van der Waals surface area contributed by atoms with Crippen molar-refractivity contribution in [1.29, 1.82) is 0 Å². The molecule has 0 aliphatic rings. The highest BCUT2D eigenvalue weighted by Gasteiger charge is 2.17. The molecule has 0 rings (SSSR count). The number of rotatable bonds is 4. The number of amides is 1. The van der Waals surface area contributed by atoms with Crippen LogP contribution in [0.3, 0.4) is 0 Å². The summed E-state index contributed by atoms with van der Waals surface area (Å²) in [5.41, 5.74) is 0. The molecule has 5 heteroatoms. The minimum absolute atomic E-state index is 0.182. The molecule has 0 radical (unpaired) electrons. The van der Waals surface area contributed by atoms with E-state index in [1.807, 2.05) is 0 Å². The van der Waals surface area contributed by atoms with Crippen molar-refractivity contribution in [2.24, 2.45) is 0 Å². The molecule has 64 valence electrons. The monoisotopic (exact) mass is 162 g/mol. The fraction of sp³-hybridized carbons (Fsp3) is 0.667. The Morgan fingerprint density at radius 1 is 1.82 bits per heavy atom. The Kier molecular flexibility index (Phi) is 3.40. The van der Waals surface area contributed by atoms with Crippen LogP contribution in [0.5, 0.6) is 0 Å². The maximum atomic E-state index is 10.4. The van der Waals surface area contributed by atoms with Crippen LogP contribution < -0.4 is 5.32 Å². The van der Waals surface area contributed by atoms with Gasteiger partial charge in [0.25, 0.3) is 0 Å². The van der Waals surface area contributed by atoms with Gasteiger partial charge in [-0.15, -0.1) is 0 Å². The van der Waals surface area contributed by atoms with Crippen molar-refractivity contribution in [2.45, 2.75) is 13.0 Å². The summed E-state index contributed by atoms with van der Waals surface area (Å²) >= 11 is 0. The molecule has 0 heterocycles. The van der Waals surface area contributed by atoms with Crippen molar-refractivity contribution >= 4 is 11.9 Å². The van der Waals surface area contributed by atoms with Crippen LogP contribution >= 0.6 is 0 Å². The molecule has 0 fully saturated rings. The molecule has 0 unspecified atom stereocenters. The number of carbonyl (C=O) groups is 2. The summed E-state index contributed by atoms with van der Waals surface area (Å²) in [7, 11) is -0.316. The molecule has 0 aromatic carbocycles. The quantitative estimate of drug-likeness (QED) is 0.568. The van der Waals surface area contributed by atoms with Gasteiger partial charge in [0.1, 0.15) is 0 Å². The van der Waals surface area contributed by atoms with Crippen molar-refractivity contribution < 1.29 is 20.8 Å². The van der Waals surface area contributed by atoms with Gasteiger partial charge in [-0.05, 0) is 0 Å². The van der Waals surface area contributed by atoms with Crippen LogP contribution in [-0.2, 0) is 14.3 Å². The summed E-state index contributed by atoms with van der Waals surface area (Å²) in [5.74, 6) is -1.60. The van der Waals surface area contributed by atoms with E-state index in [0.29, 0.717) is 0 Å². The molecular weight excluding hydrogens is 150 g/mol. The number of carboxylic acids is 1. The predicted molar refractivity (Wildman–Crippen MR) is 37.1 cm³/mol. The van der Waals surface area contributed by atoms with E-state index >= 15 is 0 Å². The zero-order valence-electron chi connectivity index (χ0n) is 7.16. The molecule has 0 bridgehead atoms. The molecule has 0 aliphatic heterocycles. The number of hydrogen-bond acceptors (Lipinski definition) is 3. The van der Waals surface area contributed by atoms with Gasteiger partial charge in [0.05, 0.1) is 7.98 Å². The SMILES string of the molecule is [2H]COC[C@H](NC(C)=O)C(=O)O. The second-order valence-corrected chi connectivity index (χ2v) is 1.96. The van der Waals surface area contributed by atoms with Crippen LogP contribution in [0.1, 0.15) is 8.29 Å². The van der Waals surface area contributed by atoms with Gasteiger partial charge in [-0.25, -0.2) is 4.79 Å². The molecule has 0 saturated heterocycles. The van der Waals surface area contributed by atoms with E-state index in [1.54, 1.807) is 0 Å². The average molecular weight is 162 g/mol. The van der Waals surface area contributed by atoms with Gasteiger partial charge in [-0.3, -0.25) is 4.79 Å². The van der Waals surface area contributed by atoms with E-state index in [4.69, 9.17) is 6.48 Å². The van der Waals surface area contributed by atoms with Gasteiger partial charge in [0, 0.05) is 14.0 Å². The predicted octanol–water partition coefficient (Wildman–Crippen LogP) is -0.778. The molecule has 1 atom stereocenters. The van der Waals surface area contributed by atoms with Crippen molar-refractivity contribution in [3.63, 3.8) is 0 Å². The first-order valence-electron chi connectivity index (χ1n) is 3.65. The molecule has 0 aliphatic carbocycles. The topological polar surface area (TPSA) is 75.6 Å². The number of nitrogens with one attached hydrogen (secondary N) is 1. The van der Waals surface area contributed by atoms with E-state index in [0.717, 1.165) is 0 Å². The summed E-state index contributed by atoms with van der Waals surface area (Å²) in [5, 5.41) is 10.7. The van der Waals surface area contributed by atoms with Crippen LogP contribution in [0.4, 0.5) is 0 Å². The van der Waals surface area contributed by atoms with Crippen LogP contribution in [0, 0.1) is 0 Å². The Bertz CT molecular complexity index is 173. The van der Waals surface area contributed by atoms with Gasteiger partial charge < -0.3 is 15.2 Å². The molecule has 0 aromatic heterocycles. The number of carboxylic acid groups (broad SMARTS) is 1. The largest absolute Gasteiger partial charge is 0.480 e. The molecule has 11 heavy (non-hydrogen) atoms. The third-order valence-corrected chi connectivity index (χ3v) is 0.960. The summed E-state index contributed by atoms with van der Waals surface area (Å²) in [6.07, 6.45) is 0. The molecule has 0 spiro atoms. The number of methoxy groups -OCH3 is 1. The summed E-state index contributed by atoms with van der Waals surface area (Å²) in [6, 6.07) is -1.06. The lowest BCUT2D eigenvalue weighted by Crippen LogP contribution is -2.42. The van der Waals surface area contributed by atoms with Gasteiger partial charge >= 0.3 is 5.97 Å². The first kappa shape index (κ1) is 8.00. The Morgan fingerprint density at radius 3 is 2.82 bits per heavy atom. The molecule has 2 N–H and O–H groups in total. The normalized spacial score (nSPS) is 13.4. The minimum Gasteiger partial charge on any atom is -0.480 e. The second kappa shape index (κ2) is 4.68. The zero-order valence-corrected chi connectivity index (χ0v) is 6.16. The van der Waals surface area contributed by atoms with Crippen LogP contribution in [-0.4, -0.2) is 36.7 Å². The molecule has 1 amide bonds. The molecule has 0 saturated carbocycles. The van der Waals surface area contributed by atoms with Gasteiger partial charge in [0.2, 0.25) is 5.91 Å². The Morgan fingerprint density at radius 2 is 2.45 bits per heavy atom. The van der Waals surface area contributed by atoms with E-state index in [1.165, 1.54) is 6.92 Å².